The smallest absolute Gasteiger partial charge is 0.235 e. The average Bonchev–Trinajstić information content (AvgIpc) is 2.71. The Morgan fingerprint density at radius 2 is 2.54 bits per heavy atom. The summed E-state index contributed by atoms with van der Waals surface area (Å²) in [6, 6.07) is 5.25. The molecule has 13 heavy (non-hydrogen) atoms. The van der Waals surface area contributed by atoms with Crippen LogP contribution in [0.4, 0.5) is 5.82 Å². The topological polar surface area (TPSA) is 77.1 Å². The minimum Gasteiger partial charge on any atom is -0.468 e. The number of nitrogens with two attached hydrogens (primary N) is 1. The molecule has 0 amide bonds. The van der Waals surface area contributed by atoms with Crippen LogP contribution in [0.2, 0.25) is 0 Å². The number of ether oxygens (including phenoxy) is 1. The van der Waals surface area contributed by atoms with Gasteiger partial charge in [0.1, 0.15) is 18.2 Å². The Bertz CT molecular complexity index is 366. The SMILES string of the molecule is Nc1cc(OCc2ccco2)n[nH]1. The molecule has 0 aromatic carbocycles. The number of hydrogen-bond acceptors (Lipinski definition) is 4. The summed E-state index contributed by atoms with van der Waals surface area (Å²) in [7, 11) is 0. The molecule has 0 bridgehead atoms. The van der Waals surface area contributed by atoms with Crippen molar-refractivity contribution in [2.75, 3.05) is 5.73 Å². The Morgan fingerprint density at radius 3 is 3.15 bits per heavy atom. The summed E-state index contributed by atoms with van der Waals surface area (Å²) in [5.74, 6) is 1.70. The van der Waals surface area contributed by atoms with Crippen molar-refractivity contribution in [3.8, 4) is 5.88 Å². The summed E-state index contributed by atoms with van der Waals surface area (Å²) in [6.07, 6.45) is 1.59. The second-order valence-electron chi connectivity index (χ2n) is 2.53. The first-order chi connectivity index (χ1) is 6.34. The highest BCUT2D eigenvalue weighted by Gasteiger charge is 2.00. The standard InChI is InChI=1S/C8H9N3O2/c9-7-4-8(11-10-7)13-5-6-2-1-3-12-6/h1-4H,5H2,(H3,9,10,11). The van der Waals surface area contributed by atoms with Crippen molar-refractivity contribution in [3.63, 3.8) is 0 Å². The van der Waals surface area contributed by atoms with Crippen LogP contribution in [0.15, 0.2) is 28.9 Å². The van der Waals surface area contributed by atoms with Crippen molar-refractivity contribution in [3.05, 3.63) is 30.2 Å². The Balaban J connectivity index is 1.93. The third kappa shape index (κ3) is 1.81. The molecule has 2 rings (SSSR count). The van der Waals surface area contributed by atoms with Crippen molar-refractivity contribution in [2.45, 2.75) is 6.61 Å². The number of anilines is 1. The van der Waals surface area contributed by atoms with Crippen LogP contribution in [0.3, 0.4) is 0 Å². The van der Waals surface area contributed by atoms with Gasteiger partial charge >= 0.3 is 0 Å². The molecule has 2 aromatic heterocycles. The zero-order valence-corrected chi connectivity index (χ0v) is 6.86. The monoisotopic (exact) mass is 179 g/mol. The van der Waals surface area contributed by atoms with Gasteiger partial charge < -0.3 is 14.9 Å². The van der Waals surface area contributed by atoms with E-state index in [-0.39, 0.29) is 0 Å². The highest BCUT2D eigenvalue weighted by Crippen LogP contribution is 2.11. The maximum Gasteiger partial charge on any atom is 0.235 e. The summed E-state index contributed by atoms with van der Waals surface area (Å²) >= 11 is 0. The quantitative estimate of drug-likeness (QED) is 0.741. The van der Waals surface area contributed by atoms with Crippen LogP contribution in [-0.4, -0.2) is 10.2 Å². The molecule has 0 aliphatic rings. The van der Waals surface area contributed by atoms with Crippen molar-refractivity contribution in [2.24, 2.45) is 0 Å². The van der Waals surface area contributed by atoms with Gasteiger partial charge in [-0.3, -0.25) is 5.10 Å². The molecule has 2 heterocycles. The van der Waals surface area contributed by atoms with Gasteiger partial charge in [-0.25, -0.2) is 0 Å². The molecule has 0 unspecified atom stereocenters. The number of nitrogens with one attached hydrogen (secondary N) is 1. The fourth-order valence-electron chi connectivity index (χ4n) is 0.931. The van der Waals surface area contributed by atoms with E-state index < -0.39 is 0 Å². The number of rotatable bonds is 3. The fraction of sp³-hybridized carbons (Fsp3) is 0.125. The lowest BCUT2D eigenvalue weighted by Crippen LogP contribution is -1.93. The minimum absolute atomic E-state index is 0.358. The second-order valence-corrected chi connectivity index (χ2v) is 2.53. The number of nitrogen functional groups attached to an aromatic ring is 1. The van der Waals surface area contributed by atoms with Gasteiger partial charge in [-0.2, -0.15) is 0 Å². The number of H-pyrrole nitrogens is 1. The van der Waals surface area contributed by atoms with E-state index in [1.807, 2.05) is 6.07 Å². The molecule has 0 aliphatic carbocycles. The lowest BCUT2D eigenvalue weighted by Gasteiger charge is -1.97. The van der Waals surface area contributed by atoms with Crippen LogP contribution in [0.5, 0.6) is 5.88 Å². The van der Waals surface area contributed by atoms with Gasteiger partial charge in [0.2, 0.25) is 5.88 Å². The molecule has 0 aliphatic heterocycles. The summed E-state index contributed by atoms with van der Waals surface area (Å²) in [5.41, 5.74) is 5.41. The largest absolute Gasteiger partial charge is 0.468 e. The maximum atomic E-state index is 5.41. The Hall–Kier alpha value is -1.91. The third-order valence-corrected chi connectivity index (χ3v) is 1.52. The molecule has 5 heteroatoms. The van der Waals surface area contributed by atoms with Crippen LogP contribution in [0.25, 0.3) is 0 Å². The highest BCUT2D eigenvalue weighted by atomic mass is 16.5. The molecule has 0 fully saturated rings. The number of furan rings is 1. The summed E-state index contributed by atoms with van der Waals surface area (Å²) in [6.45, 7) is 0.358. The summed E-state index contributed by atoms with van der Waals surface area (Å²) < 4.78 is 10.3. The predicted molar refractivity (Wildman–Crippen MR) is 46.0 cm³/mol. The van der Waals surface area contributed by atoms with Crippen LogP contribution >= 0.6 is 0 Å². The van der Waals surface area contributed by atoms with E-state index in [1.165, 1.54) is 0 Å². The van der Waals surface area contributed by atoms with E-state index >= 15 is 0 Å². The summed E-state index contributed by atoms with van der Waals surface area (Å²) in [4.78, 5) is 0. The van der Waals surface area contributed by atoms with Gasteiger partial charge in [-0.05, 0) is 12.1 Å². The molecular weight excluding hydrogens is 170 g/mol. The number of hydrogen-bond donors (Lipinski definition) is 2. The first-order valence-corrected chi connectivity index (χ1v) is 3.80. The maximum absolute atomic E-state index is 5.41. The first kappa shape index (κ1) is 7.72. The second kappa shape index (κ2) is 3.22. The van der Waals surface area contributed by atoms with Crippen LogP contribution in [-0.2, 0) is 6.61 Å². The van der Waals surface area contributed by atoms with E-state index in [0.717, 1.165) is 5.76 Å². The molecule has 0 saturated heterocycles. The van der Waals surface area contributed by atoms with Gasteiger partial charge in [0.05, 0.1) is 6.26 Å². The average molecular weight is 179 g/mol. The molecule has 3 N–H and O–H groups in total. The zero-order chi connectivity index (χ0) is 9.10. The third-order valence-electron chi connectivity index (χ3n) is 1.52. The molecule has 68 valence electrons. The van der Waals surface area contributed by atoms with E-state index in [9.17, 15) is 0 Å². The minimum atomic E-state index is 0.358. The van der Waals surface area contributed by atoms with Gasteiger partial charge in [0, 0.05) is 6.07 Å². The molecule has 0 saturated carbocycles. The van der Waals surface area contributed by atoms with Gasteiger partial charge in [-0.15, -0.1) is 5.10 Å². The van der Waals surface area contributed by atoms with E-state index in [4.69, 9.17) is 14.9 Å². The normalized spacial score (nSPS) is 10.2. The van der Waals surface area contributed by atoms with E-state index in [0.29, 0.717) is 18.3 Å². The van der Waals surface area contributed by atoms with Crippen molar-refractivity contribution >= 4 is 5.82 Å². The van der Waals surface area contributed by atoms with Gasteiger partial charge in [-0.1, -0.05) is 0 Å². The van der Waals surface area contributed by atoms with Crippen LogP contribution in [0, 0.1) is 0 Å². The predicted octanol–water partition coefficient (Wildman–Crippen LogP) is 1.16. The van der Waals surface area contributed by atoms with Crippen LogP contribution in [0.1, 0.15) is 5.76 Å². The Kier molecular flexibility index (Phi) is 1.91. The molecule has 0 atom stereocenters. The van der Waals surface area contributed by atoms with Gasteiger partial charge in [0.15, 0.2) is 0 Å². The van der Waals surface area contributed by atoms with E-state index in [1.54, 1.807) is 18.4 Å². The molecule has 5 nitrogen and oxygen atoms in total. The Labute approximate surface area is 74.5 Å². The number of aromatic amines is 1. The highest BCUT2D eigenvalue weighted by molar-refractivity contribution is 5.31. The Morgan fingerprint density at radius 1 is 1.62 bits per heavy atom. The van der Waals surface area contributed by atoms with Crippen molar-refractivity contribution in [1.82, 2.24) is 10.2 Å². The zero-order valence-electron chi connectivity index (χ0n) is 6.86. The summed E-state index contributed by atoms with van der Waals surface area (Å²) in [5, 5.41) is 6.37. The van der Waals surface area contributed by atoms with Gasteiger partial charge in [0.25, 0.3) is 0 Å². The van der Waals surface area contributed by atoms with Crippen molar-refractivity contribution in [1.29, 1.82) is 0 Å². The molecule has 0 spiro atoms. The molecule has 0 radical (unpaired) electrons. The van der Waals surface area contributed by atoms with Crippen LogP contribution < -0.4 is 10.5 Å². The fourth-order valence-corrected chi connectivity index (χ4v) is 0.931. The lowest BCUT2D eigenvalue weighted by atomic mass is 10.5. The van der Waals surface area contributed by atoms with E-state index in [2.05, 4.69) is 10.2 Å². The number of nitrogens with zero attached hydrogens (tertiary/aromatic N) is 1. The lowest BCUT2D eigenvalue weighted by molar-refractivity contribution is 0.260. The molecular formula is C8H9N3O2. The first-order valence-electron chi connectivity index (χ1n) is 3.80. The number of aromatic nitrogens is 2. The van der Waals surface area contributed by atoms with Crippen molar-refractivity contribution < 1.29 is 9.15 Å². The molecule has 2 aromatic rings.